The fourth-order valence-electron chi connectivity index (χ4n) is 3.44. The predicted molar refractivity (Wildman–Crippen MR) is 101 cm³/mol. The molecule has 26 heavy (non-hydrogen) atoms. The van der Waals surface area contributed by atoms with Crippen LogP contribution in [0, 0.1) is 11.7 Å². The van der Waals surface area contributed by atoms with Crippen molar-refractivity contribution in [3.63, 3.8) is 0 Å². The zero-order chi connectivity index (χ0) is 18.4. The van der Waals surface area contributed by atoms with Gasteiger partial charge in [0.15, 0.2) is 0 Å². The maximum absolute atomic E-state index is 13.7. The number of urea groups is 1. The minimum absolute atomic E-state index is 0.0773. The van der Waals surface area contributed by atoms with Gasteiger partial charge in [0.05, 0.1) is 0 Å². The average molecular weight is 355 g/mol. The lowest BCUT2D eigenvalue weighted by Crippen LogP contribution is -2.44. The quantitative estimate of drug-likeness (QED) is 0.863. The molecule has 3 N–H and O–H groups in total. The highest BCUT2D eigenvalue weighted by molar-refractivity contribution is 5.74. The van der Waals surface area contributed by atoms with Gasteiger partial charge >= 0.3 is 6.03 Å². The summed E-state index contributed by atoms with van der Waals surface area (Å²) in [6.07, 6.45) is 3.10. The number of amides is 2. The molecule has 138 valence electrons. The highest BCUT2D eigenvalue weighted by Gasteiger charge is 2.22. The summed E-state index contributed by atoms with van der Waals surface area (Å²) < 4.78 is 13.7. The second-order valence-corrected chi connectivity index (χ2v) is 6.91. The monoisotopic (exact) mass is 355 g/mol. The number of hydrogen-bond acceptors (Lipinski definition) is 2. The number of rotatable bonds is 5. The molecule has 0 radical (unpaired) electrons. The first-order chi connectivity index (χ1) is 12.7. The number of likely N-dealkylation sites (tertiary alicyclic amines) is 1. The highest BCUT2D eigenvalue weighted by atomic mass is 19.1. The largest absolute Gasteiger partial charge is 0.334 e. The Morgan fingerprint density at radius 3 is 2.50 bits per heavy atom. The van der Waals surface area contributed by atoms with Crippen LogP contribution in [0.5, 0.6) is 0 Å². The van der Waals surface area contributed by atoms with E-state index in [0.717, 1.165) is 37.9 Å². The normalized spacial score (nSPS) is 15.1. The Morgan fingerprint density at radius 2 is 1.85 bits per heavy atom. The van der Waals surface area contributed by atoms with E-state index in [4.69, 9.17) is 5.73 Å². The molecule has 0 unspecified atom stereocenters. The van der Waals surface area contributed by atoms with E-state index in [1.165, 1.54) is 11.6 Å². The van der Waals surface area contributed by atoms with E-state index in [9.17, 15) is 9.18 Å². The Morgan fingerprint density at radius 1 is 1.12 bits per heavy atom. The van der Waals surface area contributed by atoms with E-state index in [1.807, 2.05) is 11.0 Å². The van der Waals surface area contributed by atoms with Gasteiger partial charge in [-0.2, -0.15) is 0 Å². The van der Waals surface area contributed by atoms with Crippen molar-refractivity contribution in [2.75, 3.05) is 13.1 Å². The summed E-state index contributed by atoms with van der Waals surface area (Å²) in [4.78, 5) is 14.2. The SMILES string of the molecule is NCc1ccc(CNC(=O)N2CCC(Cc3ccccc3)CC2)cc1F. The Hall–Kier alpha value is -2.40. The van der Waals surface area contributed by atoms with Gasteiger partial charge in [-0.25, -0.2) is 9.18 Å². The number of piperidine rings is 1. The van der Waals surface area contributed by atoms with Crippen LogP contribution >= 0.6 is 0 Å². The van der Waals surface area contributed by atoms with E-state index < -0.39 is 0 Å². The van der Waals surface area contributed by atoms with Crippen molar-refractivity contribution in [3.8, 4) is 0 Å². The molecule has 0 saturated carbocycles. The van der Waals surface area contributed by atoms with Crippen LogP contribution in [-0.4, -0.2) is 24.0 Å². The number of nitrogens with one attached hydrogen (secondary N) is 1. The highest BCUT2D eigenvalue weighted by Crippen LogP contribution is 2.21. The van der Waals surface area contributed by atoms with Gasteiger partial charge in [0.25, 0.3) is 0 Å². The third-order valence-electron chi connectivity index (χ3n) is 5.05. The summed E-state index contributed by atoms with van der Waals surface area (Å²) in [6, 6.07) is 15.3. The Bertz CT molecular complexity index is 727. The predicted octanol–water partition coefficient (Wildman–Crippen LogP) is 3.45. The van der Waals surface area contributed by atoms with Crippen LogP contribution in [-0.2, 0) is 19.5 Å². The molecular formula is C21H26FN3O. The molecule has 0 aliphatic carbocycles. The van der Waals surface area contributed by atoms with Crippen molar-refractivity contribution >= 4 is 6.03 Å². The number of nitrogens with zero attached hydrogens (tertiary/aromatic N) is 1. The van der Waals surface area contributed by atoms with E-state index >= 15 is 0 Å². The lowest BCUT2D eigenvalue weighted by molar-refractivity contribution is 0.170. The second-order valence-electron chi connectivity index (χ2n) is 6.91. The fourth-order valence-corrected chi connectivity index (χ4v) is 3.44. The molecule has 2 aromatic carbocycles. The molecule has 0 atom stereocenters. The van der Waals surface area contributed by atoms with Gasteiger partial charge in [-0.05, 0) is 42.4 Å². The number of carbonyl (C=O) groups excluding carboxylic acids is 1. The Balaban J connectivity index is 1.44. The lowest BCUT2D eigenvalue weighted by Gasteiger charge is -2.32. The minimum atomic E-state index is -0.319. The number of benzene rings is 2. The van der Waals surface area contributed by atoms with Gasteiger partial charge in [0, 0.05) is 31.7 Å². The molecule has 0 aromatic heterocycles. The molecule has 5 heteroatoms. The number of nitrogens with two attached hydrogens (primary N) is 1. The molecule has 1 fully saturated rings. The molecule has 1 aliphatic heterocycles. The first-order valence-corrected chi connectivity index (χ1v) is 9.20. The first kappa shape index (κ1) is 18.4. The summed E-state index contributed by atoms with van der Waals surface area (Å²) in [5.41, 5.74) is 8.05. The van der Waals surface area contributed by atoms with Gasteiger partial charge in [0.1, 0.15) is 5.82 Å². The summed E-state index contributed by atoms with van der Waals surface area (Å²) in [6.45, 7) is 2.04. The molecule has 4 nitrogen and oxygen atoms in total. The summed E-state index contributed by atoms with van der Waals surface area (Å²) in [5, 5.41) is 2.89. The van der Waals surface area contributed by atoms with Crippen molar-refractivity contribution in [3.05, 3.63) is 71.0 Å². The van der Waals surface area contributed by atoms with Gasteiger partial charge in [-0.15, -0.1) is 0 Å². The lowest BCUT2D eigenvalue weighted by atomic mass is 9.90. The van der Waals surface area contributed by atoms with Crippen molar-refractivity contribution < 1.29 is 9.18 Å². The maximum atomic E-state index is 13.7. The fraction of sp³-hybridized carbons (Fsp3) is 0.381. The van der Waals surface area contributed by atoms with E-state index in [1.54, 1.807) is 12.1 Å². The molecule has 1 heterocycles. The van der Waals surface area contributed by atoms with E-state index in [-0.39, 0.29) is 18.4 Å². The molecule has 2 aromatic rings. The maximum Gasteiger partial charge on any atom is 0.317 e. The van der Waals surface area contributed by atoms with Crippen LogP contribution in [0.4, 0.5) is 9.18 Å². The van der Waals surface area contributed by atoms with Crippen LogP contribution < -0.4 is 11.1 Å². The smallest absolute Gasteiger partial charge is 0.317 e. The summed E-state index contributed by atoms with van der Waals surface area (Å²) in [7, 11) is 0. The van der Waals surface area contributed by atoms with Crippen LogP contribution in [0.25, 0.3) is 0 Å². The minimum Gasteiger partial charge on any atom is -0.334 e. The molecule has 3 rings (SSSR count). The van der Waals surface area contributed by atoms with E-state index in [0.29, 0.717) is 18.0 Å². The van der Waals surface area contributed by atoms with Gasteiger partial charge in [-0.1, -0.05) is 42.5 Å². The van der Waals surface area contributed by atoms with Gasteiger partial charge < -0.3 is 16.0 Å². The summed E-state index contributed by atoms with van der Waals surface area (Å²) >= 11 is 0. The zero-order valence-corrected chi connectivity index (χ0v) is 15.0. The van der Waals surface area contributed by atoms with E-state index in [2.05, 4.69) is 29.6 Å². The van der Waals surface area contributed by atoms with Gasteiger partial charge in [0.2, 0.25) is 0 Å². The topological polar surface area (TPSA) is 58.4 Å². The van der Waals surface area contributed by atoms with Gasteiger partial charge in [-0.3, -0.25) is 0 Å². The van der Waals surface area contributed by atoms with Crippen molar-refractivity contribution in [1.82, 2.24) is 10.2 Å². The molecule has 0 spiro atoms. The zero-order valence-electron chi connectivity index (χ0n) is 15.0. The number of hydrogen-bond donors (Lipinski definition) is 2. The Labute approximate surface area is 154 Å². The van der Waals surface area contributed by atoms with Crippen LogP contribution in [0.2, 0.25) is 0 Å². The van der Waals surface area contributed by atoms with Crippen molar-refractivity contribution in [2.24, 2.45) is 11.7 Å². The summed E-state index contributed by atoms with van der Waals surface area (Å²) in [5.74, 6) is 0.306. The molecule has 2 amide bonds. The van der Waals surface area contributed by atoms with Crippen molar-refractivity contribution in [2.45, 2.75) is 32.4 Å². The van der Waals surface area contributed by atoms with Crippen molar-refractivity contribution in [1.29, 1.82) is 0 Å². The molecular weight excluding hydrogens is 329 g/mol. The third-order valence-corrected chi connectivity index (χ3v) is 5.05. The number of halogens is 1. The number of carbonyl (C=O) groups is 1. The standard InChI is InChI=1S/C21H26FN3O/c22-20-13-18(6-7-19(20)14-23)15-24-21(26)25-10-8-17(9-11-25)12-16-4-2-1-3-5-16/h1-7,13,17H,8-12,14-15,23H2,(H,24,26). The molecule has 1 saturated heterocycles. The molecule has 0 bridgehead atoms. The molecule has 1 aliphatic rings. The van der Waals surface area contributed by atoms with Crippen LogP contribution in [0.15, 0.2) is 48.5 Å². The third kappa shape index (κ3) is 4.82. The first-order valence-electron chi connectivity index (χ1n) is 9.20. The van der Waals surface area contributed by atoms with Crippen LogP contribution in [0.3, 0.4) is 0 Å². The second kappa shape index (κ2) is 8.81. The Kier molecular flexibility index (Phi) is 6.23. The van der Waals surface area contributed by atoms with Crippen LogP contribution in [0.1, 0.15) is 29.5 Å². The average Bonchev–Trinajstić information content (AvgIpc) is 2.67.